The van der Waals surface area contributed by atoms with Crippen molar-refractivity contribution in [3.05, 3.63) is 36.3 Å². The molecule has 0 spiro atoms. The lowest BCUT2D eigenvalue weighted by atomic mass is 10.1. The zero-order chi connectivity index (χ0) is 10.7. The van der Waals surface area contributed by atoms with Gasteiger partial charge in [0, 0.05) is 25.0 Å². The van der Waals surface area contributed by atoms with Gasteiger partial charge < -0.3 is 5.32 Å². The lowest BCUT2D eigenvalue weighted by Crippen LogP contribution is -1.98. The third-order valence-electron chi connectivity index (χ3n) is 2.23. The highest BCUT2D eigenvalue weighted by Gasteiger charge is 2.04. The maximum atomic E-state index is 4.09. The number of nitrogens with zero attached hydrogens (tertiary/aromatic N) is 3. The number of nitrogens with one attached hydrogen (secondary N) is 1. The average molecular weight is 200 g/mol. The molecule has 0 unspecified atom stereocenters. The first kappa shape index (κ1) is 9.58. The maximum Gasteiger partial charge on any atom is 0.149 e. The molecule has 15 heavy (non-hydrogen) atoms. The first-order chi connectivity index (χ1) is 7.31. The molecule has 4 nitrogen and oxygen atoms in total. The van der Waals surface area contributed by atoms with Crippen LogP contribution in [-0.2, 0) is 0 Å². The molecule has 0 aromatic carbocycles. The molecule has 0 radical (unpaired) electrons. The van der Waals surface area contributed by atoms with Crippen molar-refractivity contribution >= 4 is 5.82 Å². The van der Waals surface area contributed by atoms with Crippen LogP contribution >= 0.6 is 0 Å². The molecule has 76 valence electrons. The van der Waals surface area contributed by atoms with Gasteiger partial charge in [-0.05, 0) is 30.7 Å². The van der Waals surface area contributed by atoms with Gasteiger partial charge in [-0.3, -0.25) is 4.98 Å². The van der Waals surface area contributed by atoms with Crippen molar-refractivity contribution < 1.29 is 0 Å². The smallest absolute Gasteiger partial charge is 0.149 e. The van der Waals surface area contributed by atoms with Gasteiger partial charge in [0.1, 0.15) is 5.82 Å². The number of aryl methyl sites for hydroxylation is 1. The van der Waals surface area contributed by atoms with Crippen LogP contribution in [0.4, 0.5) is 5.82 Å². The van der Waals surface area contributed by atoms with Crippen LogP contribution in [0.2, 0.25) is 0 Å². The molecule has 1 N–H and O–H groups in total. The van der Waals surface area contributed by atoms with E-state index in [1.165, 1.54) is 0 Å². The van der Waals surface area contributed by atoms with E-state index in [0.29, 0.717) is 0 Å². The van der Waals surface area contributed by atoms with Gasteiger partial charge in [0.15, 0.2) is 0 Å². The van der Waals surface area contributed by atoms with Crippen LogP contribution in [0.1, 0.15) is 5.69 Å². The van der Waals surface area contributed by atoms with Gasteiger partial charge in [-0.25, -0.2) is 0 Å². The fourth-order valence-electron chi connectivity index (χ4n) is 1.40. The molecule has 2 aromatic rings. The van der Waals surface area contributed by atoms with Crippen LogP contribution in [0, 0.1) is 6.92 Å². The van der Waals surface area contributed by atoms with Crippen LogP contribution < -0.4 is 5.32 Å². The number of rotatable bonds is 2. The summed E-state index contributed by atoms with van der Waals surface area (Å²) in [4.78, 5) is 3.99. The average Bonchev–Trinajstić information content (AvgIpc) is 2.31. The first-order valence-electron chi connectivity index (χ1n) is 4.73. The summed E-state index contributed by atoms with van der Waals surface area (Å²) in [6, 6.07) is 5.91. The van der Waals surface area contributed by atoms with Gasteiger partial charge in [0.05, 0.1) is 5.69 Å². The molecule has 0 aliphatic heterocycles. The molecular formula is C11H12N4. The Labute approximate surface area is 88.4 Å². The van der Waals surface area contributed by atoms with E-state index < -0.39 is 0 Å². The van der Waals surface area contributed by atoms with E-state index in [4.69, 9.17) is 0 Å². The van der Waals surface area contributed by atoms with Gasteiger partial charge in [0.2, 0.25) is 0 Å². The summed E-state index contributed by atoms with van der Waals surface area (Å²) in [6.45, 7) is 1.95. The monoisotopic (exact) mass is 200 g/mol. The topological polar surface area (TPSA) is 50.7 Å². The summed E-state index contributed by atoms with van der Waals surface area (Å²) in [5.41, 5.74) is 3.10. The second kappa shape index (κ2) is 4.04. The Hall–Kier alpha value is -1.97. The normalized spacial score (nSPS) is 10.0. The molecule has 4 heteroatoms. The van der Waals surface area contributed by atoms with E-state index in [1.807, 2.05) is 32.2 Å². The van der Waals surface area contributed by atoms with Crippen LogP contribution in [0.25, 0.3) is 11.1 Å². The Balaban J connectivity index is 2.52. The molecule has 0 aliphatic rings. The minimum Gasteiger partial charge on any atom is -0.372 e. The highest BCUT2D eigenvalue weighted by Crippen LogP contribution is 2.22. The van der Waals surface area contributed by atoms with Crippen molar-refractivity contribution in [2.24, 2.45) is 0 Å². The van der Waals surface area contributed by atoms with E-state index >= 15 is 0 Å². The second-order valence-electron chi connectivity index (χ2n) is 3.21. The SMILES string of the molecule is CNc1cc(-c2ccncc2)c(C)nn1. The van der Waals surface area contributed by atoms with Gasteiger partial charge in [0.25, 0.3) is 0 Å². The van der Waals surface area contributed by atoms with Crippen molar-refractivity contribution in [1.29, 1.82) is 0 Å². The molecule has 0 saturated carbocycles. The minimum absolute atomic E-state index is 0.771. The van der Waals surface area contributed by atoms with Gasteiger partial charge in [-0.1, -0.05) is 0 Å². The third-order valence-corrected chi connectivity index (χ3v) is 2.23. The largest absolute Gasteiger partial charge is 0.372 e. The maximum absolute atomic E-state index is 4.09. The summed E-state index contributed by atoms with van der Waals surface area (Å²) in [5, 5.41) is 11.1. The Morgan fingerprint density at radius 1 is 1.13 bits per heavy atom. The third kappa shape index (κ3) is 1.93. The van der Waals surface area contributed by atoms with E-state index in [9.17, 15) is 0 Å². The van der Waals surface area contributed by atoms with E-state index in [1.54, 1.807) is 12.4 Å². The van der Waals surface area contributed by atoms with E-state index in [0.717, 1.165) is 22.6 Å². The van der Waals surface area contributed by atoms with E-state index in [2.05, 4.69) is 20.5 Å². The molecule has 2 heterocycles. The summed E-state index contributed by atoms with van der Waals surface area (Å²) in [6.07, 6.45) is 3.54. The molecular weight excluding hydrogens is 188 g/mol. The van der Waals surface area contributed by atoms with Crippen LogP contribution in [0.15, 0.2) is 30.6 Å². The number of aromatic nitrogens is 3. The summed E-state index contributed by atoms with van der Waals surface area (Å²) in [5.74, 6) is 0.771. The Morgan fingerprint density at radius 2 is 1.87 bits per heavy atom. The molecule has 0 aliphatic carbocycles. The van der Waals surface area contributed by atoms with E-state index in [-0.39, 0.29) is 0 Å². The summed E-state index contributed by atoms with van der Waals surface area (Å²) >= 11 is 0. The Morgan fingerprint density at radius 3 is 2.53 bits per heavy atom. The quantitative estimate of drug-likeness (QED) is 0.804. The molecule has 0 saturated heterocycles. The van der Waals surface area contributed by atoms with Gasteiger partial charge in [-0.2, -0.15) is 5.10 Å². The molecule has 0 atom stereocenters. The van der Waals surface area contributed by atoms with Gasteiger partial charge in [-0.15, -0.1) is 5.10 Å². The zero-order valence-corrected chi connectivity index (χ0v) is 8.73. The minimum atomic E-state index is 0.771. The fourth-order valence-corrected chi connectivity index (χ4v) is 1.40. The van der Waals surface area contributed by atoms with Gasteiger partial charge >= 0.3 is 0 Å². The van der Waals surface area contributed by atoms with Crippen molar-refractivity contribution in [2.45, 2.75) is 6.92 Å². The molecule has 2 aromatic heterocycles. The summed E-state index contributed by atoms with van der Waals surface area (Å²) in [7, 11) is 1.83. The van der Waals surface area contributed by atoms with Crippen LogP contribution in [0.5, 0.6) is 0 Å². The summed E-state index contributed by atoms with van der Waals surface area (Å²) < 4.78 is 0. The predicted molar refractivity (Wildman–Crippen MR) is 59.5 cm³/mol. The standard InChI is InChI=1S/C11H12N4/c1-8-10(7-11(12-2)15-14-8)9-3-5-13-6-4-9/h3-7H,1-2H3,(H,12,15). The molecule has 0 amide bonds. The number of pyridine rings is 1. The van der Waals surface area contributed by atoms with Crippen molar-refractivity contribution in [1.82, 2.24) is 15.2 Å². The predicted octanol–water partition coefficient (Wildman–Crippen LogP) is 1.89. The number of hydrogen-bond acceptors (Lipinski definition) is 4. The Bertz CT molecular complexity index is 453. The van der Waals surface area contributed by atoms with Crippen LogP contribution in [0.3, 0.4) is 0 Å². The first-order valence-corrected chi connectivity index (χ1v) is 4.73. The lowest BCUT2D eigenvalue weighted by Gasteiger charge is -2.06. The lowest BCUT2D eigenvalue weighted by molar-refractivity contribution is 0.985. The zero-order valence-electron chi connectivity index (χ0n) is 8.73. The van der Waals surface area contributed by atoms with Crippen molar-refractivity contribution in [3.63, 3.8) is 0 Å². The highest BCUT2D eigenvalue weighted by atomic mass is 15.2. The highest BCUT2D eigenvalue weighted by molar-refractivity contribution is 5.67. The number of anilines is 1. The molecule has 2 rings (SSSR count). The fraction of sp³-hybridized carbons (Fsp3) is 0.182. The van der Waals surface area contributed by atoms with Crippen LogP contribution in [-0.4, -0.2) is 22.2 Å². The molecule has 0 fully saturated rings. The number of hydrogen-bond donors (Lipinski definition) is 1. The van der Waals surface area contributed by atoms with Crippen molar-refractivity contribution in [3.8, 4) is 11.1 Å². The Kier molecular flexibility index (Phi) is 2.58. The molecule has 0 bridgehead atoms. The second-order valence-corrected chi connectivity index (χ2v) is 3.21. The van der Waals surface area contributed by atoms with Crippen molar-refractivity contribution in [2.75, 3.05) is 12.4 Å².